The first-order chi connectivity index (χ1) is 27.3. The molecule has 0 saturated heterocycles. The van der Waals surface area contributed by atoms with Crippen molar-refractivity contribution in [2.75, 3.05) is 23.7 Å². The van der Waals surface area contributed by atoms with Crippen LogP contribution in [0.15, 0.2) is 40.6 Å². The van der Waals surface area contributed by atoms with Crippen LogP contribution in [0.1, 0.15) is 147 Å². The van der Waals surface area contributed by atoms with Crippen LogP contribution in [0.4, 0.5) is 11.4 Å². The Morgan fingerprint density at radius 3 is 1.58 bits per heavy atom. The molecule has 57 heavy (non-hydrogen) atoms. The van der Waals surface area contributed by atoms with E-state index in [1.807, 2.05) is 9.13 Å². The molecule has 310 valence electrons. The molecule has 3 heterocycles. The first-order valence-electron chi connectivity index (χ1n) is 20.6. The minimum absolute atomic E-state index is 0.0107. The van der Waals surface area contributed by atoms with Crippen LogP contribution in [-0.2, 0) is 13.1 Å². The van der Waals surface area contributed by atoms with Crippen LogP contribution < -0.4 is 32.7 Å². The van der Waals surface area contributed by atoms with Gasteiger partial charge in [0.1, 0.15) is 17.1 Å². The number of nitrogens with two attached hydrogens (primary N) is 2. The van der Waals surface area contributed by atoms with Gasteiger partial charge in [-0.3, -0.25) is 34.3 Å². The number of carbonyl (C=O) groups excluding carboxylic acids is 4. The third-order valence-corrected chi connectivity index (χ3v) is 10.4. The summed E-state index contributed by atoms with van der Waals surface area (Å²) >= 11 is 0. The van der Waals surface area contributed by atoms with Gasteiger partial charge < -0.3 is 41.9 Å². The van der Waals surface area contributed by atoms with Gasteiger partial charge in [0.25, 0.3) is 23.6 Å². The number of H-pyrrole nitrogens is 1. The average Bonchev–Trinajstić information content (AvgIpc) is 4.01. The van der Waals surface area contributed by atoms with E-state index in [4.69, 9.17) is 11.5 Å². The van der Waals surface area contributed by atoms with E-state index in [9.17, 15) is 19.2 Å². The van der Waals surface area contributed by atoms with Crippen molar-refractivity contribution in [1.82, 2.24) is 30.0 Å². The molecular formula is C41H62N12O4. The van der Waals surface area contributed by atoms with E-state index in [2.05, 4.69) is 69.1 Å². The Labute approximate surface area is 335 Å². The highest BCUT2D eigenvalue weighted by molar-refractivity contribution is 6.08. The van der Waals surface area contributed by atoms with Crippen LogP contribution in [0, 0.1) is 11.8 Å². The van der Waals surface area contributed by atoms with Gasteiger partial charge in [-0.05, 0) is 62.5 Å². The smallest absolute Gasteiger partial charge is 0.276 e. The molecule has 0 aliphatic heterocycles. The Kier molecular flexibility index (Phi) is 15.5. The summed E-state index contributed by atoms with van der Waals surface area (Å²) < 4.78 is 3.66. The SMILES string of the molecule is CC(C)CCn1cc(NC(=O)c2cc(C(=O)Nc3cc(C(=O)NCCC(N)=NC4CCCC4)n(CCC(C)C)c3)[nH]n2)cc1C(=O)NCCC(N)=NC1CCCC1. The second-order valence-electron chi connectivity index (χ2n) is 16.2. The van der Waals surface area contributed by atoms with Crippen LogP contribution in [0.2, 0.25) is 0 Å². The number of aromatic amines is 1. The summed E-state index contributed by atoms with van der Waals surface area (Å²) in [5, 5.41) is 18.2. The fourth-order valence-electron chi connectivity index (χ4n) is 7.11. The number of amidine groups is 2. The number of aliphatic imine (C=N–C) groups is 2. The molecule has 2 aliphatic carbocycles. The summed E-state index contributed by atoms with van der Waals surface area (Å²) in [7, 11) is 0. The molecule has 0 spiro atoms. The molecule has 0 unspecified atom stereocenters. The van der Waals surface area contributed by atoms with Gasteiger partial charge in [0.15, 0.2) is 5.69 Å². The van der Waals surface area contributed by atoms with Gasteiger partial charge in [0.2, 0.25) is 0 Å². The fourth-order valence-corrected chi connectivity index (χ4v) is 7.11. The lowest BCUT2D eigenvalue weighted by atomic mass is 10.1. The van der Waals surface area contributed by atoms with Crippen LogP contribution in [0.5, 0.6) is 0 Å². The van der Waals surface area contributed by atoms with E-state index in [1.54, 1.807) is 24.5 Å². The van der Waals surface area contributed by atoms with Crippen molar-refractivity contribution in [1.29, 1.82) is 0 Å². The summed E-state index contributed by atoms with van der Waals surface area (Å²) in [6, 6.07) is 5.17. The number of nitrogens with zero attached hydrogens (tertiary/aromatic N) is 5. The zero-order valence-corrected chi connectivity index (χ0v) is 34.0. The Balaban J connectivity index is 1.19. The number of aromatic nitrogens is 4. The molecule has 3 aromatic rings. The highest BCUT2D eigenvalue weighted by atomic mass is 16.2. The maximum Gasteiger partial charge on any atom is 0.276 e. The van der Waals surface area contributed by atoms with E-state index in [0.29, 0.717) is 85.3 Å². The van der Waals surface area contributed by atoms with Gasteiger partial charge in [0, 0.05) is 57.5 Å². The lowest BCUT2D eigenvalue weighted by Crippen LogP contribution is -2.30. The van der Waals surface area contributed by atoms with E-state index in [1.165, 1.54) is 31.7 Å². The highest BCUT2D eigenvalue weighted by Crippen LogP contribution is 2.23. The molecule has 16 heteroatoms. The van der Waals surface area contributed by atoms with Gasteiger partial charge in [-0.1, -0.05) is 53.4 Å². The Morgan fingerprint density at radius 1 is 0.702 bits per heavy atom. The molecule has 0 bridgehead atoms. The highest BCUT2D eigenvalue weighted by Gasteiger charge is 2.21. The van der Waals surface area contributed by atoms with Crippen LogP contribution in [-0.4, -0.2) is 79.8 Å². The summed E-state index contributed by atoms with van der Waals surface area (Å²) in [4.78, 5) is 62.3. The fraction of sp³-hybridized carbons (Fsp3) is 0.585. The van der Waals surface area contributed by atoms with Crippen molar-refractivity contribution >= 4 is 46.7 Å². The number of aryl methyl sites for hydroxylation is 2. The van der Waals surface area contributed by atoms with Gasteiger partial charge in [-0.25, -0.2) is 0 Å². The quantitative estimate of drug-likeness (QED) is 0.0578. The normalized spacial score (nSPS) is 15.5. The average molecular weight is 787 g/mol. The number of rotatable bonds is 20. The molecular weight excluding hydrogens is 725 g/mol. The van der Waals surface area contributed by atoms with Crippen LogP contribution in [0.3, 0.4) is 0 Å². The number of nitrogens with one attached hydrogen (secondary N) is 5. The van der Waals surface area contributed by atoms with Gasteiger partial charge in [0.05, 0.1) is 35.1 Å². The standard InChI is InChI=1S/C41H62N12O4/c1-26(2)15-19-52-24-30(21-34(52)40(56)44-17-13-36(42)46-28-9-5-6-10-28)48-38(54)32-23-33(51-50-32)39(55)49-31-22-35(53(25-31)20-16-27(3)4)41(57)45-18-14-37(43)47-29-11-7-8-12-29/h21-29H,5-20H2,1-4H3,(H2,42,46)(H2,43,47)(H,44,56)(H,45,57)(H,48,54)(H,49,55)(H,50,51). The Bertz CT molecular complexity index is 1760. The molecule has 3 aromatic heterocycles. The van der Waals surface area contributed by atoms with Crippen LogP contribution >= 0.6 is 0 Å². The molecule has 5 rings (SSSR count). The second kappa shape index (κ2) is 20.7. The molecule has 9 N–H and O–H groups in total. The number of hydrogen-bond acceptors (Lipinski definition) is 7. The Morgan fingerprint density at radius 2 is 1.14 bits per heavy atom. The summed E-state index contributed by atoms with van der Waals surface area (Å²) in [6.45, 7) is 10.3. The van der Waals surface area contributed by atoms with E-state index in [-0.39, 0.29) is 35.3 Å². The van der Waals surface area contributed by atoms with Crippen molar-refractivity contribution in [3.8, 4) is 0 Å². The lowest BCUT2D eigenvalue weighted by molar-refractivity contribution is 0.0937. The maximum absolute atomic E-state index is 13.3. The molecule has 16 nitrogen and oxygen atoms in total. The molecule has 2 fully saturated rings. The predicted octanol–water partition coefficient (Wildman–Crippen LogP) is 5.45. The zero-order chi connectivity index (χ0) is 40.9. The third-order valence-electron chi connectivity index (χ3n) is 10.4. The molecule has 2 aliphatic rings. The van der Waals surface area contributed by atoms with E-state index < -0.39 is 11.8 Å². The Hall–Kier alpha value is -5.41. The third kappa shape index (κ3) is 13.1. The first kappa shape index (κ1) is 42.7. The lowest BCUT2D eigenvalue weighted by Gasteiger charge is -2.11. The second-order valence-corrected chi connectivity index (χ2v) is 16.2. The number of hydrogen-bond donors (Lipinski definition) is 7. The van der Waals surface area contributed by atoms with Crippen molar-refractivity contribution in [2.24, 2.45) is 33.3 Å². The molecule has 0 radical (unpaired) electrons. The topological polar surface area (TPSA) is 232 Å². The summed E-state index contributed by atoms with van der Waals surface area (Å²) in [6.07, 6.45) is 15.0. The molecule has 2 saturated carbocycles. The minimum Gasteiger partial charge on any atom is -0.387 e. The number of anilines is 2. The van der Waals surface area contributed by atoms with Crippen molar-refractivity contribution < 1.29 is 19.2 Å². The maximum atomic E-state index is 13.3. The van der Waals surface area contributed by atoms with Crippen molar-refractivity contribution in [3.05, 3.63) is 53.4 Å². The summed E-state index contributed by atoms with van der Waals surface area (Å²) in [5.41, 5.74) is 14.0. The number of amides is 4. The predicted molar refractivity (Wildman–Crippen MR) is 224 cm³/mol. The van der Waals surface area contributed by atoms with Crippen molar-refractivity contribution in [2.45, 2.75) is 130 Å². The summed E-state index contributed by atoms with van der Waals surface area (Å²) in [5.74, 6) is 0.256. The molecule has 0 atom stereocenters. The zero-order valence-electron chi connectivity index (χ0n) is 34.0. The van der Waals surface area contributed by atoms with E-state index >= 15 is 0 Å². The molecule has 4 amide bonds. The van der Waals surface area contributed by atoms with Gasteiger partial charge >= 0.3 is 0 Å². The van der Waals surface area contributed by atoms with Crippen LogP contribution in [0.25, 0.3) is 0 Å². The molecule has 0 aromatic carbocycles. The van der Waals surface area contributed by atoms with Gasteiger partial charge in [-0.2, -0.15) is 5.10 Å². The van der Waals surface area contributed by atoms with Crippen molar-refractivity contribution in [3.63, 3.8) is 0 Å². The monoisotopic (exact) mass is 787 g/mol. The number of carbonyl (C=O) groups is 4. The minimum atomic E-state index is -0.554. The largest absolute Gasteiger partial charge is 0.387 e. The van der Waals surface area contributed by atoms with E-state index in [0.717, 1.165) is 38.5 Å². The van der Waals surface area contributed by atoms with Gasteiger partial charge in [-0.15, -0.1) is 0 Å². The first-order valence-corrected chi connectivity index (χ1v) is 20.6.